The highest BCUT2D eigenvalue weighted by atomic mass is 14.1. The topological polar surface area (TPSA) is 0 Å². The summed E-state index contributed by atoms with van der Waals surface area (Å²) in [6.45, 7) is 8.33. The fraction of sp³-hybridized carbons (Fsp3) is 0.222. The third-order valence-corrected chi connectivity index (χ3v) is 3.22. The number of rotatable bonds is 0. The minimum absolute atomic E-state index is 1.32. The molecule has 0 saturated carbocycles. The van der Waals surface area contributed by atoms with Crippen LogP contribution in [-0.4, -0.2) is 0 Å². The second kappa shape index (κ2) is 5.22. The summed E-state index contributed by atoms with van der Waals surface area (Å²) in [7, 11) is 0. The number of hydrogen-bond acceptors (Lipinski definition) is 0. The Balaban J connectivity index is 0.000000574. The summed E-state index contributed by atoms with van der Waals surface area (Å²) in [5.41, 5.74) is 2.68. The van der Waals surface area contributed by atoms with Crippen LogP contribution in [0.5, 0.6) is 0 Å². The standard InChI is InChI=1S/C16H14.C2H6/c1-11-7-8-15-13(9-11)10-12(2)14-5-3-4-6-16(14)15;1-2/h3-10H,1-2H3;1-2H3. The van der Waals surface area contributed by atoms with Gasteiger partial charge >= 0.3 is 0 Å². The van der Waals surface area contributed by atoms with E-state index in [1.165, 1.54) is 32.7 Å². The number of hydrogen-bond donors (Lipinski definition) is 0. The van der Waals surface area contributed by atoms with E-state index in [-0.39, 0.29) is 0 Å². The lowest BCUT2D eigenvalue weighted by Gasteiger charge is -2.07. The van der Waals surface area contributed by atoms with Crippen molar-refractivity contribution in [1.82, 2.24) is 0 Å². The molecule has 0 N–H and O–H groups in total. The zero-order valence-electron chi connectivity index (χ0n) is 11.6. The van der Waals surface area contributed by atoms with Crippen molar-refractivity contribution in [3.05, 3.63) is 59.7 Å². The molecule has 0 aromatic heterocycles. The molecular formula is C18H20. The van der Waals surface area contributed by atoms with Crippen molar-refractivity contribution in [2.45, 2.75) is 27.7 Å². The van der Waals surface area contributed by atoms with E-state index in [1.54, 1.807) is 0 Å². The van der Waals surface area contributed by atoms with Crippen LogP contribution in [0.3, 0.4) is 0 Å². The molecule has 0 bridgehead atoms. The highest BCUT2D eigenvalue weighted by Crippen LogP contribution is 2.28. The van der Waals surface area contributed by atoms with Gasteiger partial charge < -0.3 is 0 Å². The average Bonchev–Trinajstić information content (AvgIpc) is 2.41. The van der Waals surface area contributed by atoms with Gasteiger partial charge in [-0.2, -0.15) is 0 Å². The van der Waals surface area contributed by atoms with Crippen molar-refractivity contribution in [3.63, 3.8) is 0 Å². The zero-order chi connectivity index (χ0) is 13.1. The first-order chi connectivity index (χ1) is 8.75. The molecule has 0 saturated heterocycles. The van der Waals surface area contributed by atoms with Crippen molar-refractivity contribution in [2.24, 2.45) is 0 Å². The molecule has 18 heavy (non-hydrogen) atoms. The Labute approximate surface area is 109 Å². The molecule has 0 aliphatic carbocycles. The molecule has 3 aromatic carbocycles. The SMILES string of the molecule is CC.Cc1ccc2c(c1)cc(C)c1ccccc12. The first-order valence-corrected chi connectivity index (χ1v) is 6.64. The van der Waals surface area contributed by atoms with Gasteiger partial charge in [-0.25, -0.2) is 0 Å². The van der Waals surface area contributed by atoms with Gasteiger partial charge in [0.25, 0.3) is 0 Å². The normalized spacial score (nSPS) is 10.2. The van der Waals surface area contributed by atoms with Gasteiger partial charge in [0, 0.05) is 0 Å². The molecule has 0 aliphatic rings. The van der Waals surface area contributed by atoms with Gasteiger partial charge in [0.15, 0.2) is 0 Å². The van der Waals surface area contributed by atoms with Crippen LogP contribution in [0.4, 0.5) is 0 Å². The Morgan fingerprint density at radius 1 is 0.667 bits per heavy atom. The fourth-order valence-electron chi connectivity index (χ4n) is 2.42. The second-order valence-corrected chi connectivity index (χ2v) is 4.46. The first-order valence-electron chi connectivity index (χ1n) is 6.64. The molecule has 3 rings (SSSR count). The molecular weight excluding hydrogens is 216 g/mol. The lowest BCUT2D eigenvalue weighted by molar-refractivity contribution is 1.49. The average molecular weight is 236 g/mol. The van der Waals surface area contributed by atoms with E-state index in [0.717, 1.165) is 0 Å². The lowest BCUT2D eigenvalue weighted by atomic mass is 9.97. The Morgan fingerprint density at radius 2 is 1.33 bits per heavy atom. The van der Waals surface area contributed by atoms with E-state index in [1.807, 2.05) is 13.8 Å². The molecule has 0 spiro atoms. The van der Waals surface area contributed by atoms with Crippen LogP contribution in [0, 0.1) is 13.8 Å². The second-order valence-electron chi connectivity index (χ2n) is 4.46. The summed E-state index contributed by atoms with van der Waals surface area (Å²) in [5, 5.41) is 5.42. The van der Waals surface area contributed by atoms with Crippen LogP contribution in [-0.2, 0) is 0 Å². The molecule has 0 heteroatoms. The van der Waals surface area contributed by atoms with E-state index in [9.17, 15) is 0 Å². The van der Waals surface area contributed by atoms with Crippen LogP contribution in [0.1, 0.15) is 25.0 Å². The summed E-state index contributed by atoms with van der Waals surface area (Å²) in [6, 6.07) is 17.6. The maximum absolute atomic E-state index is 2.28. The largest absolute Gasteiger partial charge is 0.0683 e. The highest BCUT2D eigenvalue weighted by molar-refractivity contribution is 6.08. The number of fused-ring (bicyclic) bond motifs is 3. The smallest absolute Gasteiger partial charge is 0.0103 e. The van der Waals surface area contributed by atoms with E-state index < -0.39 is 0 Å². The van der Waals surface area contributed by atoms with Gasteiger partial charge in [-0.15, -0.1) is 0 Å². The van der Waals surface area contributed by atoms with Gasteiger partial charge in [-0.3, -0.25) is 0 Å². The number of benzene rings is 3. The Bertz CT molecular complexity index is 678. The molecule has 0 aliphatic heterocycles. The molecule has 0 unspecified atom stereocenters. The molecule has 0 atom stereocenters. The van der Waals surface area contributed by atoms with Crippen molar-refractivity contribution >= 4 is 21.5 Å². The summed E-state index contributed by atoms with van der Waals surface area (Å²) >= 11 is 0. The Kier molecular flexibility index (Phi) is 3.66. The van der Waals surface area contributed by atoms with Crippen LogP contribution in [0.15, 0.2) is 48.5 Å². The highest BCUT2D eigenvalue weighted by Gasteiger charge is 2.02. The Hall–Kier alpha value is -1.82. The predicted molar refractivity (Wildman–Crippen MR) is 82.3 cm³/mol. The first kappa shape index (κ1) is 12.6. The van der Waals surface area contributed by atoms with Gasteiger partial charge in [0.2, 0.25) is 0 Å². The van der Waals surface area contributed by atoms with Crippen molar-refractivity contribution < 1.29 is 0 Å². The summed E-state index contributed by atoms with van der Waals surface area (Å²) in [6.07, 6.45) is 0. The summed E-state index contributed by atoms with van der Waals surface area (Å²) < 4.78 is 0. The maximum Gasteiger partial charge on any atom is -0.0103 e. The third kappa shape index (κ3) is 2.11. The quantitative estimate of drug-likeness (QED) is 0.443. The van der Waals surface area contributed by atoms with E-state index in [2.05, 4.69) is 62.4 Å². The summed E-state index contributed by atoms with van der Waals surface area (Å²) in [4.78, 5) is 0. The molecule has 0 fully saturated rings. The van der Waals surface area contributed by atoms with Gasteiger partial charge in [-0.05, 0) is 41.0 Å². The molecule has 0 nitrogen and oxygen atoms in total. The minimum Gasteiger partial charge on any atom is -0.0683 e. The molecule has 3 aromatic rings. The zero-order valence-corrected chi connectivity index (χ0v) is 11.6. The molecule has 0 amide bonds. The van der Waals surface area contributed by atoms with Crippen molar-refractivity contribution in [2.75, 3.05) is 0 Å². The van der Waals surface area contributed by atoms with E-state index in [0.29, 0.717) is 0 Å². The Morgan fingerprint density at radius 3 is 2.06 bits per heavy atom. The molecule has 0 radical (unpaired) electrons. The maximum atomic E-state index is 2.28. The van der Waals surface area contributed by atoms with Gasteiger partial charge in [0.05, 0.1) is 0 Å². The monoisotopic (exact) mass is 236 g/mol. The van der Waals surface area contributed by atoms with Gasteiger partial charge in [0.1, 0.15) is 0 Å². The van der Waals surface area contributed by atoms with E-state index in [4.69, 9.17) is 0 Å². The lowest BCUT2D eigenvalue weighted by Crippen LogP contribution is -1.82. The van der Waals surface area contributed by atoms with Crippen molar-refractivity contribution in [1.29, 1.82) is 0 Å². The third-order valence-electron chi connectivity index (χ3n) is 3.22. The van der Waals surface area contributed by atoms with Crippen LogP contribution < -0.4 is 0 Å². The van der Waals surface area contributed by atoms with Crippen LogP contribution in [0.2, 0.25) is 0 Å². The van der Waals surface area contributed by atoms with Crippen molar-refractivity contribution in [3.8, 4) is 0 Å². The summed E-state index contributed by atoms with van der Waals surface area (Å²) in [5.74, 6) is 0. The molecule has 0 heterocycles. The van der Waals surface area contributed by atoms with E-state index >= 15 is 0 Å². The fourth-order valence-corrected chi connectivity index (χ4v) is 2.42. The number of aryl methyl sites for hydroxylation is 2. The van der Waals surface area contributed by atoms with Crippen LogP contribution >= 0.6 is 0 Å². The predicted octanol–water partition coefficient (Wildman–Crippen LogP) is 5.64. The molecule has 92 valence electrons. The van der Waals surface area contributed by atoms with Gasteiger partial charge in [-0.1, -0.05) is 67.9 Å². The minimum atomic E-state index is 1.32. The van der Waals surface area contributed by atoms with Crippen LogP contribution in [0.25, 0.3) is 21.5 Å².